The van der Waals surface area contributed by atoms with Crippen LogP contribution in [0.15, 0.2) is 10.5 Å². The lowest BCUT2D eigenvalue weighted by molar-refractivity contribution is -0.133. The topological polar surface area (TPSA) is 65.7 Å². The van der Waals surface area contributed by atoms with Gasteiger partial charge >= 0.3 is 11.9 Å². The van der Waals surface area contributed by atoms with Crippen molar-refractivity contribution in [3.05, 3.63) is 17.2 Å². The molecule has 2 bridgehead atoms. The first-order valence-corrected chi connectivity index (χ1v) is 4.96. The highest BCUT2D eigenvalue weighted by atomic mass is 16.6. The zero-order valence-electron chi connectivity index (χ0n) is 8.53. The lowest BCUT2D eigenvalue weighted by Crippen LogP contribution is -2.05. The molecule has 16 heavy (non-hydrogen) atoms. The van der Waals surface area contributed by atoms with Crippen LogP contribution in [-0.2, 0) is 16.1 Å². The zero-order chi connectivity index (χ0) is 11.3. The number of fused-ring (bicyclic) bond motifs is 5. The molecule has 0 amide bonds. The predicted octanol–water partition coefficient (Wildman–Crippen LogP) is 1.86. The van der Waals surface area contributed by atoms with E-state index in [-0.39, 0.29) is 18.5 Å². The van der Waals surface area contributed by atoms with Gasteiger partial charge in [0, 0.05) is 12.5 Å². The molecule has 0 saturated heterocycles. The number of benzene rings is 1. The van der Waals surface area contributed by atoms with Crippen molar-refractivity contribution >= 4 is 23.1 Å². The highest BCUT2D eigenvalue weighted by Gasteiger charge is 2.33. The van der Waals surface area contributed by atoms with Crippen LogP contribution in [0, 0.1) is 0 Å². The summed E-state index contributed by atoms with van der Waals surface area (Å²) in [6.45, 7) is 1.90. The number of cyclic esters (lactones) is 1. The summed E-state index contributed by atoms with van der Waals surface area (Å²) in [6, 6.07) is 1.55. The van der Waals surface area contributed by atoms with E-state index in [1.165, 1.54) is 0 Å². The average Bonchev–Trinajstić information content (AvgIpc) is 2.91. The third-order valence-electron chi connectivity index (χ3n) is 2.58. The van der Waals surface area contributed by atoms with Crippen molar-refractivity contribution in [3.8, 4) is 5.75 Å². The van der Waals surface area contributed by atoms with E-state index in [0.717, 1.165) is 0 Å². The second-order valence-corrected chi connectivity index (χ2v) is 3.56. The van der Waals surface area contributed by atoms with E-state index in [4.69, 9.17) is 13.9 Å². The van der Waals surface area contributed by atoms with Gasteiger partial charge in [0.15, 0.2) is 11.3 Å². The first kappa shape index (κ1) is 9.21. The fourth-order valence-electron chi connectivity index (χ4n) is 1.81. The Morgan fingerprint density at radius 1 is 1.56 bits per heavy atom. The first-order chi connectivity index (χ1) is 7.70. The molecule has 0 fully saturated rings. The summed E-state index contributed by atoms with van der Waals surface area (Å²) in [7, 11) is 0. The van der Waals surface area contributed by atoms with Gasteiger partial charge in [0.05, 0.1) is 5.56 Å². The van der Waals surface area contributed by atoms with Crippen molar-refractivity contribution in [2.45, 2.75) is 20.0 Å². The van der Waals surface area contributed by atoms with Crippen LogP contribution < -0.4 is 4.74 Å². The smallest absolute Gasteiger partial charge is 0.342 e. The number of esters is 2. The Balaban J connectivity index is 2.06. The van der Waals surface area contributed by atoms with E-state index in [9.17, 15) is 9.59 Å². The predicted molar refractivity (Wildman–Crippen MR) is 52.4 cm³/mol. The summed E-state index contributed by atoms with van der Waals surface area (Å²) in [5.74, 6) is -0.334. The molecule has 5 nitrogen and oxygen atoms in total. The molecule has 5 heteroatoms. The van der Waals surface area contributed by atoms with Gasteiger partial charge in [0.2, 0.25) is 0 Å². The second-order valence-electron chi connectivity index (χ2n) is 3.56. The van der Waals surface area contributed by atoms with Gasteiger partial charge < -0.3 is 13.9 Å². The van der Waals surface area contributed by atoms with Crippen molar-refractivity contribution in [2.75, 3.05) is 0 Å². The van der Waals surface area contributed by atoms with Gasteiger partial charge in [-0.1, -0.05) is 6.92 Å². The molecule has 3 heterocycles. The summed E-state index contributed by atoms with van der Waals surface area (Å²) >= 11 is 0. The molecule has 0 aromatic carbocycles. The van der Waals surface area contributed by atoms with Crippen LogP contribution in [-0.4, -0.2) is 11.9 Å². The monoisotopic (exact) mass is 220 g/mol. The standard InChI is InChI=1S/C11H8O5/c1-2-8(12)15-7-3-6-9-5(10(7)16-6)4-14-11(9)13/h3H,2,4H2,1H3. The first-order valence-electron chi connectivity index (χ1n) is 4.96. The average molecular weight is 220 g/mol. The van der Waals surface area contributed by atoms with Gasteiger partial charge in [-0.15, -0.1) is 0 Å². The van der Waals surface area contributed by atoms with E-state index >= 15 is 0 Å². The summed E-state index contributed by atoms with van der Waals surface area (Å²) in [6.07, 6.45) is 0.293. The van der Waals surface area contributed by atoms with Crippen molar-refractivity contribution in [2.24, 2.45) is 0 Å². The van der Waals surface area contributed by atoms with Crippen LogP contribution in [0.3, 0.4) is 0 Å². The molecule has 0 N–H and O–H groups in total. The fourth-order valence-corrected chi connectivity index (χ4v) is 1.81. The molecule has 2 aromatic heterocycles. The van der Waals surface area contributed by atoms with Gasteiger partial charge in [0.25, 0.3) is 0 Å². The van der Waals surface area contributed by atoms with Crippen LogP contribution in [0.1, 0.15) is 29.3 Å². The van der Waals surface area contributed by atoms with Gasteiger partial charge in [-0.25, -0.2) is 4.79 Å². The molecule has 0 unspecified atom stereocenters. The fraction of sp³-hybridized carbons (Fsp3) is 0.273. The van der Waals surface area contributed by atoms with Gasteiger partial charge in [-0.05, 0) is 0 Å². The molecular weight excluding hydrogens is 212 g/mol. The minimum atomic E-state index is -0.378. The number of carbonyl (C=O) groups is 2. The van der Waals surface area contributed by atoms with Crippen molar-refractivity contribution < 1.29 is 23.5 Å². The summed E-state index contributed by atoms with van der Waals surface area (Å²) in [5, 5.41) is 0. The number of carbonyl (C=O) groups excluding carboxylic acids is 2. The Kier molecular flexibility index (Phi) is 1.71. The van der Waals surface area contributed by atoms with Crippen LogP contribution in [0.4, 0.5) is 0 Å². The molecule has 1 aliphatic rings. The summed E-state index contributed by atoms with van der Waals surface area (Å²) in [5.41, 5.74) is 2.01. The Morgan fingerprint density at radius 3 is 3.12 bits per heavy atom. The molecule has 0 radical (unpaired) electrons. The van der Waals surface area contributed by atoms with Crippen molar-refractivity contribution in [1.29, 1.82) is 0 Å². The van der Waals surface area contributed by atoms with Crippen LogP contribution in [0.5, 0.6) is 5.75 Å². The van der Waals surface area contributed by atoms with Gasteiger partial charge in [-0.2, -0.15) is 0 Å². The number of ether oxygens (including phenoxy) is 2. The molecule has 1 aliphatic heterocycles. The number of rotatable bonds is 2. The Bertz CT molecular complexity index is 580. The van der Waals surface area contributed by atoms with E-state index in [1.807, 2.05) is 0 Å². The lowest BCUT2D eigenvalue weighted by Gasteiger charge is -1.99. The maximum absolute atomic E-state index is 11.3. The largest absolute Gasteiger partial charge is 0.457 e. The highest BCUT2D eigenvalue weighted by Crippen LogP contribution is 2.41. The number of hydrogen-bond acceptors (Lipinski definition) is 5. The van der Waals surface area contributed by atoms with E-state index < -0.39 is 0 Å². The van der Waals surface area contributed by atoms with Crippen LogP contribution in [0.2, 0.25) is 0 Å². The van der Waals surface area contributed by atoms with E-state index in [2.05, 4.69) is 0 Å². The molecule has 3 rings (SSSR count). The Morgan fingerprint density at radius 2 is 2.38 bits per heavy atom. The Labute approximate surface area is 90.3 Å². The van der Waals surface area contributed by atoms with E-state index in [0.29, 0.717) is 34.5 Å². The van der Waals surface area contributed by atoms with Gasteiger partial charge in [-0.3, -0.25) is 4.79 Å². The normalized spacial score (nSPS) is 14.2. The van der Waals surface area contributed by atoms with Crippen molar-refractivity contribution in [3.63, 3.8) is 0 Å². The molecule has 0 saturated carbocycles. The quantitative estimate of drug-likeness (QED) is 0.570. The van der Waals surface area contributed by atoms with Crippen LogP contribution >= 0.6 is 0 Å². The minimum absolute atomic E-state index is 0.189. The van der Waals surface area contributed by atoms with Gasteiger partial charge in [0.1, 0.15) is 17.8 Å². The molecule has 0 aliphatic carbocycles. The van der Waals surface area contributed by atoms with Crippen LogP contribution in [0.25, 0.3) is 11.2 Å². The summed E-state index contributed by atoms with van der Waals surface area (Å²) < 4.78 is 15.3. The number of hydrogen-bond donors (Lipinski definition) is 0. The minimum Gasteiger partial charge on any atom is -0.457 e. The highest BCUT2D eigenvalue weighted by molar-refractivity contribution is 6.05. The lowest BCUT2D eigenvalue weighted by atomic mass is 10.1. The molecule has 82 valence electrons. The molecule has 2 aromatic rings. The molecule has 0 atom stereocenters. The third kappa shape index (κ3) is 1.05. The zero-order valence-corrected chi connectivity index (χ0v) is 8.53. The SMILES string of the molecule is CCC(=O)Oc1cc2oc1c1c2C(=O)OC1. The summed E-state index contributed by atoms with van der Waals surface area (Å²) in [4.78, 5) is 22.4. The van der Waals surface area contributed by atoms with Crippen molar-refractivity contribution in [1.82, 2.24) is 0 Å². The third-order valence-corrected chi connectivity index (χ3v) is 2.58. The maximum Gasteiger partial charge on any atom is 0.342 e. The van der Waals surface area contributed by atoms with E-state index in [1.54, 1.807) is 13.0 Å². The molecule has 0 spiro atoms. The molecular formula is C11H8O5. The maximum atomic E-state index is 11.3. The number of furan rings is 2. The second kappa shape index (κ2) is 2.98. The Hall–Kier alpha value is -2.04.